The molecule has 7 heteroatoms. The Morgan fingerprint density at radius 2 is 2.26 bits per heavy atom. The van der Waals surface area contributed by atoms with Crippen LogP contribution in [0.4, 0.5) is 4.39 Å². The first kappa shape index (κ1) is 13.0. The molecule has 1 aromatic carbocycles. The van der Waals surface area contributed by atoms with Crippen molar-refractivity contribution in [2.45, 2.75) is 13.8 Å². The Morgan fingerprint density at radius 3 is 2.84 bits per heavy atom. The molecule has 1 aromatic heterocycles. The Balaban J connectivity index is 2.51. The van der Waals surface area contributed by atoms with Crippen LogP contribution in [0.5, 0.6) is 0 Å². The molecule has 0 fully saturated rings. The molecule has 0 saturated carbocycles. The lowest BCUT2D eigenvalue weighted by molar-refractivity contribution is 0.0526. The molecule has 0 aliphatic carbocycles. The normalized spacial score (nSPS) is 10.5. The number of esters is 1. The summed E-state index contributed by atoms with van der Waals surface area (Å²) in [6.07, 6.45) is 0. The lowest BCUT2D eigenvalue weighted by Crippen LogP contribution is -2.18. The predicted octanol–water partition coefficient (Wildman–Crippen LogP) is 1.18. The average molecular weight is 265 g/mol. The number of benzene rings is 1. The van der Waals surface area contributed by atoms with Crippen molar-refractivity contribution in [3.05, 3.63) is 45.9 Å². The number of carbonyl (C=O) groups excluding carboxylic acids is 1. The second-order valence-corrected chi connectivity index (χ2v) is 3.81. The first-order chi connectivity index (χ1) is 9.02. The fourth-order valence-corrected chi connectivity index (χ4v) is 1.61. The van der Waals surface area contributed by atoms with Gasteiger partial charge in [-0.15, -0.1) is 0 Å². The third-order valence-electron chi connectivity index (χ3n) is 2.42. The Bertz CT molecular complexity index is 675. The molecule has 2 rings (SSSR count). The molecule has 1 N–H and O–H groups in total. The molecule has 0 spiro atoms. The molecule has 0 aliphatic heterocycles. The molecule has 0 aliphatic rings. The van der Waals surface area contributed by atoms with Crippen LogP contribution < -0.4 is 5.69 Å². The van der Waals surface area contributed by atoms with Crippen molar-refractivity contribution in [3.63, 3.8) is 0 Å². The quantitative estimate of drug-likeness (QED) is 0.845. The molecule has 0 bridgehead atoms. The van der Waals surface area contributed by atoms with Crippen LogP contribution in [0.3, 0.4) is 0 Å². The maximum atomic E-state index is 13.7. The zero-order valence-corrected chi connectivity index (χ0v) is 10.4. The van der Waals surface area contributed by atoms with Crippen LogP contribution >= 0.6 is 0 Å². The molecule has 100 valence electrons. The summed E-state index contributed by atoms with van der Waals surface area (Å²) < 4.78 is 19.4. The number of carbonyl (C=O) groups is 1. The van der Waals surface area contributed by atoms with Gasteiger partial charge in [0.2, 0.25) is 0 Å². The summed E-state index contributed by atoms with van der Waals surface area (Å²) in [5, 5.41) is 3.84. The van der Waals surface area contributed by atoms with Gasteiger partial charge < -0.3 is 4.74 Å². The van der Waals surface area contributed by atoms with Crippen molar-refractivity contribution in [2.24, 2.45) is 0 Å². The summed E-state index contributed by atoms with van der Waals surface area (Å²) in [7, 11) is 0. The standard InChI is InChI=1S/C12H12FN3O3/c1-3-19-11(17)8-4-5-9(13)10(6-8)16-12(18)14-7(2)15-16/h4-6H,3H2,1-2H3,(H,14,15,18). The van der Waals surface area contributed by atoms with Gasteiger partial charge in [-0.2, -0.15) is 9.78 Å². The van der Waals surface area contributed by atoms with E-state index in [2.05, 4.69) is 10.1 Å². The number of aromatic amines is 1. The topological polar surface area (TPSA) is 77.0 Å². The maximum absolute atomic E-state index is 13.7. The molecule has 0 radical (unpaired) electrons. The third-order valence-corrected chi connectivity index (χ3v) is 2.42. The number of H-pyrrole nitrogens is 1. The van der Waals surface area contributed by atoms with E-state index in [0.29, 0.717) is 5.82 Å². The number of ether oxygens (including phenoxy) is 1. The summed E-state index contributed by atoms with van der Waals surface area (Å²) in [6.45, 7) is 3.46. The van der Waals surface area contributed by atoms with Crippen molar-refractivity contribution in [3.8, 4) is 5.69 Å². The van der Waals surface area contributed by atoms with Crippen LogP contribution in [0.25, 0.3) is 5.69 Å². The van der Waals surface area contributed by atoms with Crippen LogP contribution in [0.1, 0.15) is 23.1 Å². The van der Waals surface area contributed by atoms with E-state index in [1.54, 1.807) is 13.8 Å². The second kappa shape index (κ2) is 5.05. The number of halogens is 1. The molecule has 0 saturated heterocycles. The number of aryl methyl sites for hydroxylation is 1. The predicted molar refractivity (Wildman–Crippen MR) is 64.8 cm³/mol. The summed E-state index contributed by atoms with van der Waals surface area (Å²) in [6, 6.07) is 3.62. The molecular weight excluding hydrogens is 253 g/mol. The smallest absolute Gasteiger partial charge is 0.348 e. The van der Waals surface area contributed by atoms with Gasteiger partial charge in [-0.25, -0.2) is 14.0 Å². The highest BCUT2D eigenvalue weighted by molar-refractivity contribution is 5.90. The molecule has 0 unspecified atom stereocenters. The average Bonchev–Trinajstić information content (AvgIpc) is 2.69. The molecule has 19 heavy (non-hydrogen) atoms. The highest BCUT2D eigenvalue weighted by Gasteiger charge is 2.14. The number of hydrogen-bond donors (Lipinski definition) is 1. The molecule has 6 nitrogen and oxygen atoms in total. The minimum absolute atomic E-state index is 0.0973. The van der Waals surface area contributed by atoms with E-state index in [0.717, 1.165) is 10.7 Å². The van der Waals surface area contributed by atoms with E-state index >= 15 is 0 Å². The monoisotopic (exact) mass is 265 g/mol. The van der Waals surface area contributed by atoms with Crippen LogP contribution in [-0.2, 0) is 4.74 Å². The van der Waals surface area contributed by atoms with E-state index in [9.17, 15) is 14.0 Å². The minimum atomic E-state index is -0.651. The van der Waals surface area contributed by atoms with Crippen LogP contribution in [-0.4, -0.2) is 27.3 Å². The van der Waals surface area contributed by atoms with E-state index in [-0.39, 0.29) is 17.9 Å². The molecular formula is C12H12FN3O3. The third kappa shape index (κ3) is 2.54. The number of rotatable bonds is 3. The van der Waals surface area contributed by atoms with Crippen LogP contribution in [0.2, 0.25) is 0 Å². The Morgan fingerprint density at radius 1 is 1.53 bits per heavy atom. The zero-order chi connectivity index (χ0) is 14.0. The van der Waals surface area contributed by atoms with E-state index in [4.69, 9.17) is 4.74 Å². The Hall–Kier alpha value is -2.44. The fraction of sp³-hybridized carbons (Fsp3) is 0.250. The lowest BCUT2D eigenvalue weighted by Gasteiger charge is -2.05. The number of nitrogens with zero attached hydrogens (tertiary/aromatic N) is 2. The van der Waals surface area contributed by atoms with Crippen molar-refractivity contribution < 1.29 is 13.9 Å². The van der Waals surface area contributed by atoms with Crippen LogP contribution in [0, 0.1) is 12.7 Å². The summed E-state index contributed by atoms with van der Waals surface area (Å²) in [4.78, 5) is 25.6. The van der Waals surface area contributed by atoms with Gasteiger partial charge in [-0.05, 0) is 32.0 Å². The zero-order valence-electron chi connectivity index (χ0n) is 10.4. The molecule has 1 heterocycles. The van der Waals surface area contributed by atoms with Crippen molar-refractivity contribution >= 4 is 5.97 Å². The minimum Gasteiger partial charge on any atom is -0.462 e. The van der Waals surface area contributed by atoms with Crippen LogP contribution in [0.15, 0.2) is 23.0 Å². The largest absolute Gasteiger partial charge is 0.462 e. The van der Waals surface area contributed by atoms with Gasteiger partial charge in [0.1, 0.15) is 17.3 Å². The van der Waals surface area contributed by atoms with E-state index in [1.165, 1.54) is 12.1 Å². The Labute approximate surface area is 107 Å². The lowest BCUT2D eigenvalue weighted by atomic mass is 10.2. The second-order valence-electron chi connectivity index (χ2n) is 3.81. The first-order valence-electron chi connectivity index (χ1n) is 5.66. The van der Waals surface area contributed by atoms with Gasteiger partial charge in [0.25, 0.3) is 0 Å². The summed E-state index contributed by atoms with van der Waals surface area (Å²) >= 11 is 0. The fourth-order valence-electron chi connectivity index (χ4n) is 1.61. The van der Waals surface area contributed by atoms with E-state index in [1.807, 2.05) is 0 Å². The van der Waals surface area contributed by atoms with Crippen molar-refractivity contribution in [1.82, 2.24) is 14.8 Å². The van der Waals surface area contributed by atoms with Gasteiger partial charge in [0, 0.05) is 0 Å². The van der Waals surface area contributed by atoms with Gasteiger partial charge in [-0.3, -0.25) is 4.98 Å². The van der Waals surface area contributed by atoms with Crippen molar-refractivity contribution in [1.29, 1.82) is 0 Å². The van der Waals surface area contributed by atoms with Gasteiger partial charge in [0.15, 0.2) is 0 Å². The number of hydrogen-bond acceptors (Lipinski definition) is 4. The molecule has 0 amide bonds. The Kier molecular flexibility index (Phi) is 3.46. The highest BCUT2D eigenvalue weighted by atomic mass is 19.1. The molecule has 0 atom stereocenters. The maximum Gasteiger partial charge on any atom is 0.348 e. The highest BCUT2D eigenvalue weighted by Crippen LogP contribution is 2.14. The number of nitrogens with one attached hydrogen (secondary N) is 1. The van der Waals surface area contributed by atoms with E-state index < -0.39 is 17.5 Å². The number of aromatic nitrogens is 3. The summed E-state index contributed by atoms with van der Waals surface area (Å²) in [5.41, 5.74) is -0.511. The van der Waals surface area contributed by atoms with Gasteiger partial charge in [-0.1, -0.05) is 0 Å². The SMILES string of the molecule is CCOC(=O)c1ccc(F)c(-n2nc(C)[nH]c2=O)c1. The van der Waals surface area contributed by atoms with Gasteiger partial charge in [0.05, 0.1) is 12.2 Å². The van der Waals surface area contributed by atoms with Gasteiger partial charge >= 0.3 is 11.7 Å². The first-order valence-corrected chi connectivity index (χ1v) is 5.66. The molecule has 2 aromatic rings. The summed E-state index contributed by atoms with van der Waals surface area (Å²) in [5.74, 6) is -0.878. The van der Waals surface area contributed by atoms with Crippen molar-refractivity contribution in [2.75, 3.05) is 6.61 Å².